The maximum absolute atomic E-state index is 2.49. The Morgan fingerprint density at radius 2 is 0.862 bits per heavy atom. The minimum atomic E-state index is 1.08. The molecule has 0 saturated carbocycles. The Morgan fingerprint density at radius 1 is 0.328 bits per heavy atom. The highest BCUT2D eigenvalue weighted by Gasteiger charge is 2.25. The summed E-state index contributed by atoms with van der Waals surface area (Å²) in [5, 5.41) is 7.31. The van der Waals surface area contributed by atoms with E-state index in [1.165, 1.54) is 71.2 Å². The fraction of sp³-hybridized carbons (Fsp3) is 0. The van der Waals surface area contributed by atoms with Crippen LogP contribution in [0.3, 0.4) is 0 Å². The van der Waals surface area contributed by atoms with Gasteiger partial charge in [0.2, 0.25) is 0 Å². The monoisotopic (exact) mass is 738 g/mol. The van der Waals surface area contributed by atoms with E-state index in [1.54, 1.807) is 0 Å². The van der Waals surface area contributed by atoms with Crippen molar-refractivity contribution in [2.24, 2.45) is 0 Å². The molecule has 11 rings (SSSR count). The summed E-state index contributed by atoms with van der Waals surface area (Å²) in [6, 6.07) is 83.9. The fourth-order valence-electron chi connectivity index (χ4n) is 8.86. The van der Waals surface area contributed by atoms with Gasteiger partial charge >= 0.3 is 0 Å². The van der Waals surface area contributed by atoms with Gasteiger partial charge in [0, 0.05) is 27.7 Å². The van der Waals surface area contributed by atoms with Crippen molar-refractivity contribution >= 4 is 60.4 Å². The molecule has 0 aliphatic carbocycles. The molecule has 0 N–H and O–H groups in total. The fourth-order valence-corrected chi connectivity index (χ4v) is 8.86. The summed E-state index contributed by atoms with van der Waals surface area (Å²) in [6.07, 6.45) is 0. The zero-order valence-corrected chi connectivity index (χ0v) is 31.8. The van der Waals surface area contributed by atoms with Crippen LogP contribution in [0.15, 0.2) is 231 Å². The Bertz CT molecular complexity index is 3270. The van der Waals surface area contributed by atoms with Gasteiger partial charge in [-0.3, -0.25) is 0 Å². The van der Waals surface area contributed by atoms with Gasteiger partial charge in [0.1, 0.15) is 0 Å². The van der Waals surface area contributed by atoms with Crippen LogP contribution in [0.5, 0.6) is 0 Å². The molecule has 2 heteroatoms. The molecule has 0 unspecified atom stereocenters. The first kappa shape index (κ1) is 33.6. The molecule has 0 radical (unpaired) electrons. The smallest absolute Gasteiger partial charge is 0.0562 e. The number of benzene rings is 10. The molecule has 2 nitrogen and oxygen atoms in total. The van der Waals surface area contributed by atoms with Crippen molar-refractivity contribution in [1.29, 1.82) is 0 Å². The van der Waals surface area contributed by atoms with Gasteiger partial charge in [0.05, 0.1) is 22.4 Å². The minimum absolute atomic E-state index is 1.08. The largest absolute Gasteiger partial charge is 0.309 e. The highest BCUT2D eigenvalue weighted by Crippen LogP contribution is 2.49. The van der Waals surface area contributed by atoms with Crippen LogP contribution in [0.25, 0.3) is 82.4 Å². The zero-order chi connectivity index (χ0) is 38.4. The van der Waals surface area contributed by atoms with E-state index in [2.05, 4.69) is 240 Å². The lowest BCUT2D eigenvalue weighted by atomic mass is 9.90. The van der Waals surface area contributed by atoms with E-state index < -0.39 is 0 Å². The Labute approximate surface area is 338 Å². The van der Waals surface area contributed by atoms with Crippen molar-refractivity contribution in [3.63, 3.8) is 0 Å². The van der Waals surface area contributed by atoms with E-state index in [4.69, 9.17) is 0 Å². The molecule has 0 atom stereocenters. The number of aromatic nitrogens is 1. The lowest BCUT2D eigenvalue weighted by Crippen LogP contribution is -2.12. The second kappa shape index (κ2) is 14.1. The van der Waals surface area contributed by atoms with Crippen molar-refractivity contribution in [3.05, 3.63) is 231 Å². The normalized spacial score (nSPS) is 11.4. The number of hydrogen-bond acceptors (Lipinski definition) is 1. The molecule has 272 valence electrons. The van der Waals surface area contributed by atoms with Gasteiger partial charge in [-0.2, -0.15) is 0 Å². The predicted octanol–water partition coefficient (Wildman–Crippen LogP) is 15.6. The van der Waals surface area contributed by atoms with E-state index in [0.29, 0.717) is 0 Å². The van der Waals surface area contributed by atoms with Crippen molar-refractivity contribution in [1.82, 2.24) is 4.57 Å². The predicted molar refractivity (Wildman–Crippen MR) is 247 cm³/mol. The van der Waals surface area contributed by atoms with Crippen LogP contribution in [-0.4, -0.2) is 4.57 Å². The van der Waals surface area contributed by atoms with E-state index in [0.717, 1.165) is 28.3 Å². The van der Waals surface area contributed by atoms with Gasteiger partial charge in [-0.15, -0.1) is 0 Å². The lowest BCUT2D eigenvalue weighted by molar-refractivity contribution is 1.18. The summed E-state index contributed by atoms with van der Waals surface area (Å²) in [5.74, 6) is 0. The quantitative estimate of drug-likeness (QED) is 0.158. The number of anilines is 3. The minimum Gasteiger partial charge on any atom is -0.309 e. The average Bonchev–Trinajstić information content (AvgIpc) is 3.64. The molecular weight excluding hydrogens is 701 g/mol. The Hall–Kier alpha value is -7.68. The maximum Gasteiger partial charge on any atom is 0.0562 e. The number of fused-ring (bicyclic) bond motifs is 5. The molecule has 11 aromatic rings. The number of hydrogen-bond donors (Lipinski definition) is 0. The summed E-state index contributed by atoms with van der Waals surface area (Å²) in [4.78, 5) is 2.49. The molecular formula is C56H38N2. The topological polar surface area (TPSA) is 8.17 Å². The van der Waals surface area contributed by atoms with E-state index in [-0.39, 0.29) is 0 Å². The van der Waals surface area contributed by atoms with E-state index >= 15 is 0 Å². The first-order valence-electron chi connectivity index (χ1n) is 19.9. The summed E-state index contributed by atoms with van der Waals surface area (Å²) in [5.41, 5.74) is 13.9. The highest BCUT2D eigenvalue weighted by atomic mass is 15.2. The van der Waals surface area contributed by atoms with Crippen molar-refractivity contribution in [2.75, 3.05) is 4.90 Å². The van der Waals surface area contributed by atoms with Crippen LogP contribution < -0.4 is 4.90 Å². The SMILES string of the molecule is c1ccc(-c2ccc(N(c3cccc(-c4ccc5ccccc5c4)c3-c3ccc4ccccc4c3)c3cccc4c3c3ccccc3n4-c3ccccc3)cc2)cc1. The average molecular weight is 739 g/mol. The summed E-state index contributed by atoms with van der Waals surface area (Å²) in [7, 11) is 0. The Morgan fingerprint density at radius 3 is 1.60 bits per heavy atom. The van der Waals surface area contributed by atoms with Gasteiger partial charge in [-0.1, -0.05) is 170 Å². The van der Waals surface area contributed by atoms with Crippen LogP contribution in [0.4, 0.5) is 17.1 Å². The molecule has 10 aromatic carbocycles. The second-order valence-corrected chi connectivity index (χ2v) is 14.9. The lowest BCUT2D eigenvalue weighted by Gasteiger charge is -2.30. The van der Waals surface area contributed by atoms with Crippen LogP contribution in [0.2, 0.25) is 0 Å². The molecule has 0 aliphatic rings. The molecule has 58 heavy (non-hydrogen) atoms. The third-order valence-electron chi connectivity index (χ3n) is 11.5. The Kier molecular flexibility index (Phi) is 8.19. The molecule has 1 heterocycles. The van der Waals surface area contributed by atoms with Gasteiger partial charge in [-0.05, 0) is 110 Å². The second-order valence-electron chi connectivity index (χ2n) is 14.9. The maximum atomic E-state index is 2.49. The molecule has 0 bridgehead atoms. The van der Waals surface area contributed by atoms with Gasteiger partial charge in [0.15, 0.2) is 0 Å². The number of para-hydroxylation sites is 2. The molecule has 0 spiro atoms. The van der Waals surface area contributed by atoms with Crippen LogP contribution in [-0.2, 0) is 0 Å². The molecule has 0 saturated heterocycles. The van der Waals surface area contributed by atoms with Crippen molar-refractivity contribution in [3.8, 4) is 39.1 Å². The summed E-state index contributed by atoms with van der Waals surface area (Å²) < 4.78 is 2.40. The standard InChI is InChI=1S/C56H38N2/c1-3-15-39(16-4-1)42-33-35-48(36-34-42)58(54-28-14-27-53-56(54)50-23-11-12-25-51(50)57(53)47-21-5-2-6-22-47)52-26-13-24-49(45-31-29-40-17-7-9-19-43(40)37-45)55(52)46-32-30-41-18-8-10-20-44(41)38-46/h1-38H. The van der Waals surface area contributed by atoms with Gasteiger partial charge in [-0.25, -0.2) is 0 Å². The number of nitrogens with zero attached hydrogens (tertiary/aromatic N) is 2. The van der Waals surface area contributed by atoms with Gasteiger partial charge < -0.3 is 9.47 Å². The molecule has 0 amide bonds. The van der Waals surface area contributed by atoms with Gasteiger partial charge in [0.25, 0.3) is 0 Å². The molecule has 1 aromatic heterocycles. The number of rotatable bonds is 7. The van der Waals surface area contributed by atoms with Crippen LogP contribution in [0, 0.1) is 0 Å². The molecule has 0 aliphatic heterocycles. The first-order valence-corrected chi connectivity index (χ1v) is 19.9. The Balaban J connectivity index is 1.23. The molecule has 0 fully saturated rings. The third-order valence-corrected chi connectivity index (χ3v) is 11.5. The van der Waals surface area contributed by atoms with Crippen LogP contribution >= 0.6 is 0 Å². The summed E-state index contributed by atoms with van der Waals surface area (Å²) in [6.45, 7) is 0. The van der Waals surface area contributed by atoms with Crippen LogP contribution in [0.1, 0.15) is 0 Å². The van der Waals surface area contributed by atoms with E-state index in [1.807, 2.05) is 0 Å². The van der Waals surface area contributed by atoms with Crippen molar-refractivity contribution < 1.29 is 0 Å². The zero-order valence-electron chi connectivity index (χ0n) is 31.8. The third kappa shape index (κ3) is 5.74. The summed E-state index contributed by atoms with van der Waals surface area (Å²) >= 11 is 0. The first-order chi connectivity index (χ1) is 28.8. The van der Waals surface area contributed by atoms with E-state index in [9.17, 15) is 0 Å². The highest BCUT2D eigenvalue weighted by molar-refractivity contribution is 6.17. The van der Waals surface area contributed by atoms with Crippen molar-refractivity contribution in [2.45, 2.75) is 0 Å².